The van der Waals surface area contributed by atoms with E-state index >= 15 is 0 Å². The van der Waals surface area contributed by atoms with Gasteiger partial charge in [0.05, 0.1) is 10.6 Å². The molecular weight excluding hydrogens is 350 g/mol. The number of thiophene rings is 1. The summed E-state index contributed by atoms with van der Waals surface area (Å²) in [5.41, 5.74) is 1.00. The van der Waals surface area contributed by atoms with Crippen LogP contribution in [0.25, 0.3) is 21.5 Å². The molecule has 0 bridgehead atoms. The first-order valence-electron chi connectivity index (χ1n) is 8.87. The predicted molar refractivity (Wildman–Crippen MR) is 103 cm³/mol. The van der Waals surface area contributed by atoms with Crippen LogP contribution in [0.3, 0.4) is 0 Å². The molecule has 1 aliphatic rings. The molecule has 0 aliphatic heterocycles. The molecule has 1 aromatic carbocycles. The van der Waals surface area contributed by atoms with Gasteiger partial charge in [0.15, 0.2) is 0 Å². The molecule has 0 unspecified atom stereocenters. The fourth-order valence-electron chi connectivity index (χ4n) is 3.74. The third-order valence-electron chi connectivity index (χ3n) is 5.03. The van der Waals surface area contributed by atoms with Crippen molar-refractivity contribution in [3.05, 3.63) is 57.0 Å². The number of benzene rings is 1. The fraction of sp³-hybridized carbons (Fsp3) is 0.368. The van der Waals surface area contributed by atoms with Gasteiger partial charge in [0.1, 0.15) is 4.83 Å². The molecule has 0 spiro atoms. The highest BCUT2D eigenvalue weighted by Crippen LogP contribution is 2.36. The van der Waals surface area contributed by atoms with Crippen LogP contribution >= 0.6 is 11.3 Å². The van der Waals surface area contributed by atoms with Crippen LogP contribution in [0.2, 0.25) is 0 Å². The maximum Gasteiger partial charge on any atom is 0.349 e. The molecule has 0 radical (unpaired) electrons. The molecule has 134 valence electrons. The van der Waals surface area contributed by atoms with Crippen LogP contribution in [-0.4, -0.2) is 14.5 Å². The molecule has 4 rings (SSSR count). The molecular formula is C19H19N3O3S. The molecule has 2 heterocycles. The van der Waals surface area contributed by atoms with Crippen molar-refractivity contribution in [2.45, 2.75) is 38.6 Å². The normalized spacial score (nSPS) is 15.4. The van der Waals surface area contributed by atoms with Crippen LogP contribution < -0.4 is 5.69 Å². The minimum atomic E-state index is -0.394. The summed E-state index contributed by atoms with van der Waals surface area (Å²) < 4.78 is 1.65. The summed E-state index contributed by atoms with van der Waals surface area (Å²) in [5, 5.41) is 12.0. The molecule has 6 nitrogen and oxygen atoms in total. The fourth-order valence-corrected chi connectivity index (χ4v) is 4.71. The highest BCUT2D eigenvalue weighted by Gasteiger charge is 2.22. The van der Waals surface area contributed by atoms with Crippen molar-refractivity contribution in [2.24, 2.45) is 5.92 Å². The van der Waals surface area contributed by atoms with Crippen molar-refractivity contribution < 1.29 is 4.92 Å². The Bertz CT molecular complexity index is 1000. The van der Waals surface area contributed by atoms with Gasteiger partial charge in [-0.3, -0.25) is 14.7 Å². The first-order valence-corrected chi connectivity index (χ1v) is 9.69. The van der Waals surface area contributed by atoms with E-state index < -0.39 is 4.92 Å². The molecule has 3 aromatic rings. The molecule has 1 aliphatic carbocycles. The summed E-state index contributed by atoms with van der Waals surface area (Å²) in [5.74, 6) is 0.440. The molecule has 2 aromatic heterocycles. The lowest BCUT2D eigenvalue weighted by molar-refractivity contribution is -0.380. The predicted octanol–water partition coefficient (Wildman–Crippen LogP) is 4.61. The topological polar surface area (TPSA) is 78.0 Å². The highest BCUT2D eigenvalue weighted by atomic mass is 32.1. The van der Waals surface area contributed by atoms with Crippen molar-refractivity contribution in [1.29, 1.82) is 0 Å². The number of hydrogen-bond acceptors (Lipinski definition) is 5. The van der Waals surface area contributed by atoms with E-state index in [0.29, 0.717) is 28.4 Å². The summed E-state index contributed by atoms with van der Waals surface area (Å²) in [6.07, 6.45) is 5.81. The smallest absolute Gasteiger partial charge is 0.283 e. The van der Waals surface area contributed by atoms with Crippen molar-refractivity contribution in [3.8, 4) is 11.3 Å². The van der Waals surface area contributed by atoms with Crippen LogP contribution in [0.1, 0.15) is 32.1 Å². The van der Waals surface area contributed by atoms with Gasteiger partial charge < -0.3 is 0 Å². The third-order valence-corrected chi connectivity index (χ3v) is 6.14. The highest BCUT2D eigenvalue weighted by molar-refractivity contribution is 7.21. The van der Waals surface area contributed by atoms with Crippen LogP contribution in [-0.2, 0) is 6.54 Å². The first-order chi connectivity index (χ1) is 12.6. The first kappa shape index (κ1) is 16.9. The lowest BCUT2D eigenvalue weighted by Crippen LogP contribution is -2.27. The number of nitro groups is 1. The second kappa shape index (κ2) is 6.99. The summed E-state index contributed by atoms with van der Waals surface area (Å²) in [6, 6.07) is 10.9. The lowest BCUT2D eigenvalue weighted by atomic mass is 9.89. The molecule has 26 heavy (non-hydrogen) atoms. The Hall–Kier alpha value is -2.54. The van der Waals surface area contributed by atoms with Crippen LogP contribution in [0.15, 0.2) is 41.2 Å². The molecule has 0 atom stereocenters. The second-order valence-corrected chi connectivity index (χ2v) is 7.79. The van der Waals surface area contributed by atoms with E-state index in [9.17, 15) is 14.9 Å². The molecule has 0 amide bonds. The van der Waals surface area contributed by atoms with Crippen molar-refractivity contribution in [2.75, 3.05) is 0 Å². The average Bonchev–Trinajstić information content (AvgIpc) is 3.11. The quantitative estimate of drug-likeness (QED) is 0.497. The largest absolute Gasteiger partial charge is 0.349 e. The minimum Gasteiger partial charge on any atom is -0.283 e. The number of nitrogens with zero attached hydrogens (tertiary/aromatic N) is 3. The van der Waals surface area contributed by atoms with E-state index in [2.05, 4.69) is 4.98 Å². The van der Waals surface area contributed by atoms with E-state index in [4.69, 9.17) is 0 Å². The maximum absolute atomic E-state index is 12.8. The zero-order valence-electron chi connectivity index (χ0n) is 14.3. The molecule has 1 saturated carbocycles. The molecule has 7 heteroatoms. The van der Waals surface area contributed by atoms with E-state index in [1.165, 1.54) is 19.3 Å². The van der Waals surface area contributed by atoms with Crippen molar-refractivity contribution >= 4 is 26.6 Å². The summed E-state index contributed by atoms with van der Waals surface area (Å²) >= 11 is 1.07. The molecule has 1 fully saturated rings. The van der Waals surface area contributed by atoms with E-state index in [1.807, 2.05) is 30.3 Å². The number of hydrogen-bond donors (Lipinski definition) is 0. The van der Waals surface area contributed by atoms with E-state index in [0.717, 1.165) is 29.7 Å². The Morgan fingerprint density at radius 3 is 2.62 bits per heavy atom. The summed E-state index contributed by atoms with van der Waals surface area (Å²) in [6.45, 7) is 0.592. The average molecular weight is 369 g/mol. The number of fused-ring (bicyclic) bond motifs is 1. The SMILES string of the molecule is O=c1nc(-c2ccccc2)c2cc([N+](=O)[O-])sc2n1CC1CCCCC1. The summed E-state index contributed by atoms with van der Waals surface area (Å²) in [7, 11) is 0. The zero-order chi connectivity index (χ0) is 18.1. The van der Waals surface area contributed by atoms with Gasteiger partial charge in [-0.15, -0.1) is 0 Å². The van der Waals surface area contributed by atoms with Gasteiger partial charge in [-0.05, 0) is 30.1 Å². The maximum atomic E-state index is 12.8. The van der Waals surface area contributed by atoms with Gasteiger partial charge in [0.2, 0.25) is 0 Å². The molecule has 0 saturated heterocycles. The Balaban J connectivity index is 1.88. The van der Waals surface area contributed by atoms with Crippen molar-refractivity contribution in [1.82, 2.24) is 9.55 Å². The number of rotatable bonds is 4. The Kier molecular flexibility index (Phi) is 4.55. The lowest BCUT2D eigenvalue weighted by Gasteiger charge is -2.22. The monoisotopic (exact) mass is 369 g/mol. The van der Waals surface area contributed by atoms with Gasteiger partial charge >= 0.3 is 10.7 Å². The van der Waals surface area contributed by atoms with E-state index in [-0.39, 0.29) is 10.7 Å². The van der Waals surface area contributed by atoms with Crippen molar-refractivity contribution in [3.63, 3.8) is 0 Å². The Labute approximate surface area is 154 Å². The molecule has 0 N–H and O–H groups in total. The van der Waals surface area contributed by atoms with Gasteiger partial charge in [0, 0.05) is 23.6 Å². The third kappa shape index (κ3) is 3.14. The standard InChI is InChI=1S/C19H19N3O3S/c23-19-20-17(14-9-5-2-6-10-14)15-11-16(22(24)25)26-18(15)21(19)12-13-7-3-1-4-8-13/h2,5-6,9-11,13H,1,3-4,7-8,12H2. The Morgan fingerprint density at radius 1 is 1.19 bits per heavy atom. The van der Waals surface area contributed by atoms with E-state index in [1.54, 1.807) is 10.6 Å². The number of aromatic nitrogens is 2. The van der Waals surface area contributed by atoms with Crippen LogP contribution in [0.5, 0.6) is 0 Å². The second-order valence-electron chi connectivity index (χ2n) is 6.78. The van der Waals surface area contributed by atoms with Crippen LogP contribution in [0, 0.1) is 16.0 Å². The minimum absolute atomic E-state index is 0.0435. The van der Waals surface area contributed by atoms with Gasteiger partial charge in [-0.25, -0.2) is 4.79 Å². The summed E-state index contributed by atoms with van der Waals surface area (Å²) in [4.78, 5) is 28.6. The zero-order valence-corrected chi connectivity index (χ0v) is 15.1. The van der Waals surface area contributed by atoms with Gasteiger partial charge in [-0.1, -0.05) is 49.6 Å². The van der Waals surface area contributed by atoms with Gasteiger partial charge in [-0.2, -0.15) is 4.98 Å². The van der Waals surface area contributed by atoms with Gasteiger partial charge in [0.25, 0.3) is 0 Å². The van der Waals surface area contributed by atoms with Crippen LogP contribution in [0.4, 0.5) is 5.00 Å². The Morgan fingerprint density at radius 2 is 1.92 bits per heavy atom.